The average molecular weight is 343 g/mol. The Bertz CT molecular complexity index is 655. The van der Waals surface area contributed by atoms with Crippen LogP contribution in [0.4, 0.5) is 18.0 Å². The largest absolute Gasteiger partial charge is 0.573 e. The number of alkyl halides is 3. The number of imide groups is 1. The van der Waals surface area contributed by atoms with Crippen molar-refractivity contribution in [2.24, 2.45) is 5.92 Å². The van der Waals surface area contributed by atoms with E-state index in [-0.39, 0.29) is 18.1 Å². The third kappa shape index (κ3) is 4.27. The van der Waals surface area contributed by atoms with Crippen molar-refractivity contribution in [2.75, 3.05) is 6.61 Å². The van der Waals surface area contributed by atoms with E-state index in [1.54, 1.807) is 0 Å². The van der Waals surface area contributed by atoms with Crippen LogP contribution in [0.2, 0.25) is 0 Å². The monoisotopic (exact) mass is 343 g/mol. The van der Waals surface area contributed by atoms with Gasteiger partial charge in [0.2, 0.25) is 0 Å². The highest BCUT2D eigenvalue weighted by Crippen LogP contribution is 2.27. The first kappa shape index (κ1) is 17.8. The van der Waals surface area contributed by atoms with E-state index in [2.05, 4.69) is 4.74 Å². The Labute approximate surface area is 136 Å². The molecule has 1 saturated heterocycles. The molecule has 5 nitrogen and oxygen atoms in total. The Kier molecular flexibility index (Phi) is 5.16. The van der Waals surface area contributed by atoms with E-state index in [0.29, 0.717) is 0 Å². The second-order valence-electron chi connectivity index (χ2n) is 5.52. The molecular weight excluding hydrogens is 327 g/mol. The number of hydrogen-bond acceptors (Lipinski definition) is 4. The van der Waals surface area contributed by atoms with Crippen molar-refractivity contribution in [3.8, 4) is 5.75 Å². The summed E-state index contributed by atoms with van der Waals surface area (Å²) in [6, 6.07) is 4.99. The average Bonchev–Trinajstić information content (AvgIpc) is 2.86. The molecule has 0 aliphatic carbocycles. The van der Waals surface area contributed by atoms with Gasteiger partial charge in [0.15, 0.2) is 0 Å². The molecule has 0 bridgehead atoms. The standard InChI is InChI=1S/C16H16F3NO4/c1-10(2)12-9-23-15(22)20(12)14(21)8-7-11-5-3-4-6-13(11)24-16(17,18)19/h3-8,10,12H,9H2,1-2H3/b8-7+. The number of halogens is 3. The lowest BCUT2D eigenvalue weighted by Crippen LogP contribution is -2.40. The molecule has 0 saturated carbocycles. The molecule has 1 aliphatic rings. The Morgan fingerprint density at radius 3 is 2.67 bits per heavy atom. The van der Waals surface area contributed by atoms with Gasteiger partial charge >= 0.3 is 12.5 Å². The van der Waals surface area contributed by atoms with E-state index in [4.69, 9.17) is 4.74 Å². The van der Waals surface area contributed by atoms with E-state index in [1.807, 2.05) is 13.8 Å². The number of ether oxygens (including phenoxy) is 2. The summed E-state index contributed by atoms with van der Waals surface area (Å²) in [4.78, 5) is 24.9. The predicted octanol–water partition coefficient (Wildman–Crippen LogP) is 3.60. The second-order valence-corrected chi connectivity index (χ2v) is 5.52. The predicted molar refractivity (Wildman–Crippen MR) is 79.0 cm³/mol. The summed E-state index contributed by atoms with van der Waals surface area (Å²) in [5, 5.41) is 0. The van der Waals surface area contributed by atoms with Gasteiger partial charge in [0.05, 0.1) is 6.04 Å². The Balaban J connectivity index is 2.19. The highest BCUT2D eigenvalue weighted by Gasteiger charge is 2.38. The van der Waals surface area contributed by atoms with Gasteiger partial charge in [0, 0.05) is 11.6 Å². The smallest absolute Gasteiger partial charge is 0.447 e. The zero-order valence-corrected chi connectivity index (χ0v) is 13.0. The second kappa shape index (κ2) is 6.94. The highest BCUT2D eigenvalue weighted by molar-refractivity contribution is 6.02. The fourth-order valence-electron chi connectivity index (χ4n) is 2.26. The minimum Gasteiger partial charge on any atom is -0.447 e. The lowest BCUT2D eigenvalue weighted by atomic mass is 10.0. The van der Waals surface area contributed by atoms with Crippen molar-refractivity contribution < 1.29 is 32.2 Å². The van der Waals surface area contributed by atoms with Crippen molar-refractivity contribution in [1.29, 1.82) is 0 Å². The zero-order valence-electron chi connectivity index (χ0n) is 13.0. The molecule has 0 aromatic heterocycles. The van der Waals surface area contributed by atoms with E-state index < -0.39 is 30.2 Å². The minimum absolute atomic E-state index is 0.00495. The Morgan fingerprint density at radius 1 is 1.38 bits per heavy atom. The fraction of sp³-hybridized carbons (Fsp3) is 0.375. The summed E-state index contributed by atoms with van der Waals surface area (Å²) < 4.78 is 45.9. The van der Waals surface area contributed by atoms with Crippen molar-refractivity contribution >= 4 is 18.1 Å². The van der Waals surface area contributed by atoms with Gasteiger partial charge in [-0.25, -0.2) is 9.69 Å². The summed E-state index contributed by atoms with van der Waals surface area (Å²) in [5.41, 5.74) is 0.0665. The van der Waals surface area contributed by atoms with Crippen LogP contribution in [0.3, 0.4) is 0 Å². The Morgan fingerprint density at radius 2 is 2.04 bits per heavy atom. The fourth-order valence-corrected chi connectivity index (χ4v) is 2.26. The van der Waals surface area contributed by atoms with Gasteiger partial charge in [-0.05, 0) is 18.1 Å². The van der Waals surface area contributed by atoms with Crippen molar-refractivity contribution in [3.05, 3.63) is 35.9 Å². The molecule has 1 aromatic carbocycles. The first-order chi connectivity index (χ1) is 11.2. The maximum atomic E-state index is 12.4. The van der Waals surface area contributed by atoms with Gasteiger partial charge < -0.3 is 9.47 Å². The van der Waals surface area contributed by atoms with E-state index >= 15 is 0 Å². The molecule has 0 N–H and O–H groups in total. The minimum atomic E-state index is -4.84. The summed E-state index contributed by atoms with van der Waals surface area (Å²) in [5.74, 6) is -1.09. The van der Waals surface area contributed by atoms with Crippen molar-refractivity contribution in [3.63, 3.8) is 0 Å². The number of para-hydroxylation sites is 1. The number of benzene rings is 1. The van der Waals surface area contributed by atoms with Crippen LogP contribution < -0.4 is 4.74 Å². The Hall–Kier alpha value is -2.51. The third-order valence-electron chi connectivity index (χ3n) is 3.46. The first-order valence-corrected chi connectivity index (χ1v) is 7.22. The molecule has 1 fully saturated rings. The summed E-state index contributed by atoms with van der Waals surface area (Å²) in [6.45, 7) is 3.77. The third-order valence-corrected chi connectivity index (χ3v) is 3.46. The molecule has 1 aromatic rings. The van der Waals surface area contributed by atoms with Gasteiger partial charge in [0.1, 0.15) is 12.4 Å². The van der Waals surface area contributed by atoms with Crippen LogP contribution in [-0.4, -0.2) is 35.9 Å². The van der Waals surface area contributed by atoms with Gasteiger partial charge in [-0.2, -0.15) is 0 Å². The molecular formula is C16H16F3NO4. The molecule has 2 amide bonds. The number of cyclic esters (lactones) is 1. The zero-order chi connectivity index (χ0) is 17.9. The SMILES string of the molecule is CC(C)C1COC(=O)N1C(=O)/C=C/c1ccccc1OC(F)(F)F. The van der Waals surface area contributed by atoms with Crippen LogP contribution >= 0.6 is 0 Å². The maximum absolute atomic E-state index is 12.4. The summed E-state index contributed by atoms with van der Waals surface area (Å²) in [6.07, 6.45) is -3.40. The van der Waals surface area contributed by atoms with Crippen molar-refractivity contribution in [2.45, 2.75) is 26.3 Å². The lowest BCUT2D eigenvalue weighted by Gasteiger charge is -2.21. The van der Waals surface area contributed by atoms with E-state index in [9.17, 15) is 22.8 Å². The van der Waals surface area contributed by atoms with Crippen LogP contribution in [0.25, 0.3) is 6.08 Å². The number of carbonyl (C=O) groups excluding carboxylic acids is 2. The van der Waals surface area contributed by atoms with Gasteiger partial charge in [-0.1, -0.05) is 32.0 Å². The van der Waals surface area contributed by atoms with E-state index in [1.165, 1.54) is 24.3 Å². The topological polar surface area (TPSA) is 55.8 Å². The molecule has 0 spiro atoms. The van der Waals surface area contributed by atoms with Crippen LogP contribution in [-0.2, 0) is 9.53 Å². The number of nitrogens with zero attached hydrogens (tertiary/aromatic N) is 1. The molecule has 0 radical (unpaired) electrons. The molecule has 1 unspecified atom stereocenters. The quantitative estimate of drug-likeness (QED) is 0.784. The molecule has 8 heteroatoms. The summed E-state index contributed by atoms with van der Waals surface area (Å²) >= 11 is 0. The van der Waals surface area contributed by atoms with Gasteiger partial charge in [-0.15, -0.1) is 13.2 Å². The van der Waals surface area contributed by atoms with Crippen LogP contribution in [0, 0.1) is 5.92 Å². The van der Waals surface area contributed by atoms with E-state index in [0.717, 1.165) is 17.0 Å². The molecule has 130 valence electrons. The number of hydrogen-bond donors (Lipinski definition) is 0. The van der Waals surface area contributed by atoms with Crippen LogP contribution in [0.15, 0.2) is 30.3 Å². The molecule has 24 heavy (non-hydrogen) atoms. The molecule has 1 aliphatic heterocycles. The number of rotatable bonds is 4. The number of amides is 2. The first-order valence-electron chi connectivity index (χ1n) is 7.22. The number of carbonyl (C=O) groups is 2. The molecule has 1 heterocycles. The van der Waals surface area contributed by atoms with Gasteiger partial charge in [-0.3, -0.25) is 4.79 Å². The highest BCUT2D eigenvalue weighted by atomic mass is 19.4. The molecule has 2 rings (SSSR count). The van der Waals surface area contributed by atoms with Crippen LogP contribution in [0.5, 0.6) is 5.75 Å². The maximum Gasteiger partial charge on any atom is 0.573 e. The van der Waals surface area contributed by atoms with Crippen LogP contribution in [0.1, 0.15) is 19.4 Å². The van der Waals surface area contributed by atoms with Gasteiger partial charge in [0.25, 0.3) is 5.91 Å². The normalized spacial score (nSPS) is 18.3. The van der Waals surface area contributed by atoms with Crippen molar-refractivity contribution in [1.82, 2.24) is 4.90 Å². The lowest BCUT2D eigenvalue weighted by molar-refractivity contribution is -0.274. The summed E-state index contributed by atoms with van der Waals surface area (Å²) in [7, 11) is 0. The molecule has 1 atom stereocenters.